The van der Waals surface area contributed by atoms with Crippen molar-refractivity contribution in [3.63, 3.8) is 0 Å². The Hall–Kier alpha value is -6.08. The van der Waals surface area contributed by atoms with Crippen molar-refractivity contribution < 1.29 is 34.0 Å². The van der Waals surface area contributed by atoms with Gasteiger partial charge in [-0.3, -0.25) is 29.4 Å². The molecule has 17 heteroatoms. The molecule has 4 heterocycles. The van der Waals surface area contributed by atoms with Crippen LogP contribution in [0.2, 0.25) is 0 Å². The molecule has 4 aliphatic rings. The maximum Gasteiger partial charge on any atom is 0.261 e. The molecular formula is C62H70N6O7S4. The number of carbonyl (C=O) groups excluding carboxylic acids is 2. The summed E-state index contributed by atoms with van der Waals surface area (Å²) in [6.45, 7) is 13.1. The van der Waals surface area contributed by atoms with Gasteiger partial charge in [-0.25, -0.2) is 0 Å². The molecule has 0 spiro atoms. The summed E-state index contributed by atoms with van der Waals surface area (Å²) in [5, 5.41) is 18.5. The van der Waals surface area contributed by atoms with Gasteiger partial charge in [0.25, 0.3) is 11.8 Å². The van der Waals surface area contributed by atoms with Crippen LogP contribution in [0.1, 0.15) is 87.4 Å². The molecule has 10 rings (SSSR count). The van der Waals surface area contributed by atoms with Crippen molar-refractivity contribution >= 4 is 102 Å². The van der Waals surface area contributed by atoms with Gasteiger partial charge in [-0.15, -0.1) is 0 Å². The number of hydrogen-bond donors (Lipinski definition) is 2. The van der Waals surface area contributed by atoms with Crippen LogP contribution in [0.4, 0.5) is 34.1 Å². The predicted octanol–water partition coefficient (Wildman–Crippen LogP) is 12.9. The number of aliphatic hydroxyl groups is 2. The number of aliphatic hydroxyl groups excluding tert-OH is 2. The smallest absolute Gasteiger partial charge is 0.261 e. The Balaban J connectivity index is 0.000000339. The molecular weight excluding hydrogens is 1070 g/mol. The number of nitrogens with zero attached hydrogens (tertiary/aromatic N) is 6. The molecule has 0 bridgehead atoms. The Morgan fingerprint density at radius 2 is 1.03 bits per heavy atom. The highest BCUT2D eigenvalue weighted by atomic mass is 33.1. The summed E-state index contributed by atoms with van der Waals surface area (Å²) in [4.78, 5) is 45.7. The zero-order valence-electron chi connectivity index (χ0n) is 46.6. The zero-order valence-corrected chi connectivity index (χ0v) is 49.9. The molecule has 4 aliphatic heterocycles. The van der Waals surface area contributed by atoms with Gasteiger partial charge in [-0.1, -0.05) is 85.6 Å². The van der Waals surface area contributed by atoms with E-state index in [0.717, 1.165) is 87.6 Å². The molecule has 0 aromatic heterocycles. The molecule has 414 valence electrons. The van der Waals surface area contributed by atoms with Crippen LogP contribution in [0.15, 0.2) is 119 Å². The first kappa shape index (κ1) is 57.6. The molecule has 0 fully saturated rings. The van der Waals surface area contributed by atoms with Crippen molar-refractivity contribution in [2.24, 2.45) is 9.98 Å². The fourth-order valence-corrected chi connectivity index (χ4v) is 15.2. The second kappa shape index (κ2) is 24.7. The number of ether oxygens (including phenoxy) is 3. The summed E-state index contributed by atoms with van der Waals surface area (Å²) in [5.74, 6) is 1.46. The van der Waals surface area contributed by atoms with Gasteiger partial charge in [0.15, 0.2) is 11.5 Å². The van der Waals surface area contributed by atoms with Crippen molar-refractivity contribution in [3.05, 3.63) is 159 Å². The third kappa shape index (κ3) is 13.1. The van der Waals surface area contributed by atoms with Crippen molar-refractivity contribution in [2.45, 2.75) is 95.5 Å². The van der Waals surface area contributed by atoms with Crippen molar-refractivity contribution in [2.75, 3.05) is 66.4 Å². The minimum Gasteiger partial charge on any atom is -0.493 e. The quantitative estimate of drug-likeness (QED) is 0.0744. The first-order valence-corrected chi connectivity index (χ1v) is 31.4. The number of amides is 2. The topological polar surface area (TPSA) is 140 Å². The molecule has 6 aromatic carbocycles. The molecule has 79 heavy (non-hydrogen) atoms. The SMILES string of the molecule is COc1cc2c(cc1OCc1cc(COc3cc4c(cc3C)C(=O)N3c5ccccc5C[C@H]3C=N4)cc(N(C)CC(C)(C)SSC)c1)N=C[C@@H]1Cc3ccccc3N1C2=O.CSSC(C)(C)CN(C)c1cc(CO)cc(CO)c1. The van der Waals surface area contributed by atoms with Crippen LogP contribution in [-0.2, 0) is 39.3 Å². The van der Waals surface area contributed by atoms with E-state index in [0.29, 0.717) is 39.8 Å². The average molecular weight is 1140 g/mol. The molecule has 0 radical (unpaired) electrons. The number of methoxy groups -OCH3 is 1. The van der Waals surface area contributed by atoms with E-state index in [1.54, 1.807) is 40.8 Å². The van der Waals surface area contributed by atoms with E-state index < -0.39 is 0 Å². The Labute approximate surface area is 481 Å². The lowest BCUT2D eigenvalue weighted by Gasteiger charge is -2.31. The summed E-state index contributed by atoms with van der Waals surface area (Å²) in [5.41, 5.74) is 12.8. The van der Waals surface area contributed by atoms with E-state index >= 15 is 0 Å². The number of anilines is 4. The summed E-state index contributed by atoms with van der Waals surface area (Å²) < 4.78 is 19.0. The maximum absolute atomic E-state index is 14.0. The Morgan fingerprint density at radius 3 is 1.49 bits per heavy atom. The molecule has 2 N–H and O–H groups in total. The van der Waals surface area contributed by atoms with E-state index in [1.807, 2.05) is 125 Å². The fraction of sp³-hybridized carbons (Fsp3) is 0.355. The van der Waals surface area contributed by atoms with Gasteiger partial charge in [-0.2, -0.15) is 0 Å². The fourth-order valence-electron chi connectivity index (χ4n) is 10.8. The van der Waals surface area contributed by atoms with Gasteiger partial charge in [0.2, 0.25) is 0 Å². The van der Waals surface area contributed by atoms with E-state index in [9.17, 15) is 19.8 Å². The van der Waals surface area contributed by atoms with Crippen LogP contribution in [-0.4, -0.2) is 103 Å². The Bertz CT molecular complexity index is 3270. The van der Waals surface area contributed by atoms with Crippen molar-refractivity contribution in [1.29, 1.82) is 0 Å². The molecule has 6 aromatic rings. The van der Waals surface area contributed by atoms with Gasteiger partial charge in [0.1, 0.15) is 19.0 Å². The number of para-hydroxylation sites is 2. The van der Waals surface area contributed by atoms with E-state index in [1.165, 1.54) is 0 Å². The maximum atomic E-state index is 14.0. The summed E-state index contributed by atoms with van der Waals surface area (Å²) in [7, 11) is 13.0. The van der Waals surface area contributed by atoms with Gasteiger partial charge >= 0.3 is 0 Å². The molecule has 0 aliphatic carbocycles. The normalized spacial score (nSPS) is 15.9. The number of hydrogen-bond acceptors (Lipinski definition) is 15. The van der Waals surface area contributed by atoms with Gasteiger partial charge < -0.3 is 34.2 Å². The predicted molar refractivity (Wildman–Crippen MR) is 332 cm³/mol. The number of carbonyl (C=O) groups is 2. The summed E-state index contributed by atoms with van der Waals surface area (Å²) >= 11 is 0. The third-order valence-corrected chi connectivity index (χ3v) is 19.4. The highest BCUT2D eigenvalue weighted by Gasteiger charge is 2.38. The molecule has 0 saturated heterocycles. The standard InChI is InChI=1S/C48H47N5O5S2.C14H23NO2S2/c1-29-15-37-39(49-24-35-19-32-11-7-9-13-41(32)52(35)46(37)54)22-43(29)57-26-30-16-31(18-34(17-30)51(4)28-48(2,3)60-59-6)27-58-45-23-40-38(21-44(45)56-5)47(55)53-36(25-50-40)20-33-12-8-10-14-42(33)53;1-14(2,19-18-4)10-15(3)13-6-11(8-16)5-12(7-13)9-17/h7-18,21-25,35-36H,19-20,26-28H2,1-6H3;5-7,16-17H,8-10H2,1-4H3/t35-,36-;/m0./s1. The molecule has 13 nitrogen and oxygen atoms in total. The monoisotopic (exact) mass is 1140 g/mol. The summed E-state index contributed by atoms with van der Waals surface area (Å²) in [6, 6.07) is 35.3. The minimum atomic E-state index is -0.155. The second-order valence-corrected chi connectivity index (χ2v) is 27.7. The Kier molecular flexibility index (Phi) is 18.0. The highest BCUT2D eigenvalue weighted by Crippen LogP contribution is 2.43. The number of aryl methyl sites for hydroxylation is 1. The average Bonchev–Trinajstić information content (AvgIpc) is 4.19. The lowest BCUT2D eigenvalue weighted by atomic mass is 10.1. The highest BCUT2D eigenvalue weighted by molar-refractivity contribution is 8.77. The zero-order chi connectivity index (χ0) is 56.2. The van der Waals surface area contributed by atoms with Crippen molar-refractivity contribution in [3.8, 4) is 17.2 Å². The van der Waals surface area contributed by atoms with Crippen LogP contribution >= 0.6 is 43.2 Å². The van der Waals surface area contributed by atoms with Crippen molar-refractivity contribution in [1.82, 2.24) is 0 Å². The van der Waals surface area contributed by atoms with Gasteiger partial charge in [-0.05, 0) is 141 Å². The number of fused-ring (bicyclic) bond motifs is 8. The van der Waals surface area contributed by atoms with Crippen LogP contribution in [0.5, 0.6) is 17.2 Å². The lowest BCUT2D eigenvalue weighted by Crippen LogP contribution is -2.37. The molecule has 0 unspecified atom stereocenters. The van der Waals surface area contributed by atoms with E-state index in [2.05, 4.69) is 87.4 Å². The Morgan fingerprint density at radius 1 is 0.595 bits per heavy atom. The number of rotatable bonds is 19. The number of benzene rings is 6. The summed E-state index contributed by atoms with van der Waals surface area (Å²) in [6.07, 6.45) is 9.40. The molecule has 0 saturated carbocycles. The molecule has 2 amide bonds. The van der Waals surface area contributed by atoms with Crippen LogP contribution < -0.4 is 33.8 Å². The second-order valence-electron chi connectivity index (χ2n) is 21.5. The first-order chi connectivity index (χ1) is 37.9. The third-order valence-electron chi connectivity index (χ3n) is 14.2. The van der Waals surface area contributed by atoms with Gasteiger partial charge in [0, 0.05) is 96.8 Å². The van der Waals surface area contributed by atoms with Gasteiger partial charge in [0.05, 0.1) is 54.9 Å². The van der Waals surface area contributed by atoms with E-state index in [4.69, 9.17) is 24.2 Å². The van der Waals surface area contributed by atoms with E-state index in [-0.39, 0.29) is 59.8 Å². The lowest BCUT2D eigenvalue weighted by molar-refractivity contribution is 0.0979. The largest absolute Gasteiger partial charge is 0.493 e. The van der Waals surface area contributed by atoms with Crippen LogP contribution in [0.25, 0.3) is 0 Å². The molecule has 2 atom stereocenters. The number of aliphatic imine (C=N–C) groups is 2. The van der Waals surface area contributed by atoms with Crippen LogP contribution in [0.3, 0.4) is 0 Å². The van der Waals surface area contributed by atoms with Crippen LogP contribution in [0, 0.1) is 6.92 Å². The first-order valence-electron chi connectivity index (χ1n) is 26.3. The minimum absolute atomic E-state index is 0.00235.